The number of carbonyl (C=O) groups excluding carboxylic acids is 1. The Morgan fingerprint density at radius 2 is 1.90 bits per heavy atom. The molecule has 0 bridgehead atoms. The monoisotopic (exact) mass is 588 g/mol. The fraction of sp³-hybridized carbons (Fsp3) is 0.269. The van der Waals surface area contributed by atoms with Crippen LogP contribution in [0.3, 0.4) is 0 Å². The molecule has 11 nitrogen and oxygen atoms in total. The summed E-state index contributed by atoms with van der Waals surface area (Å²) >= 11 is 0. The minimum atomic E-state index is -4.83. The summed E-state index contributed by atoms with van der Waals surface area (Å²) in [6.45, 7) is 1.03. The number of aryl methyl sites for hydroxylation is 1. The van der Waals surface area contributed by atoms with E-state index < -0.39 is 34.3 Å². The van der Waals surface area contributed by atoms with Gasteiger partial charge in [-0.2, -0.15) is 27.7 Å². The highest BCUT2D eigenvalue weighted by atomic mass is 32.2. The van der Waals surface area contributed by atoms with E-state index in [9.17, 15) is 26.4 Å². The highest BCUT2D eigenvalue weighted by Gasteiger charge is 2.43. The van der Waals surface area contributed by atoms with Gasteiger partial charge in [0.1, 0.15) is 4.90 Å². The van der Waals surface area contributed by atoms with E-state index in [0.29, 0.717) is 17.2 Å². The lowest BCUT2D eigenvalue weighted by Crippen LogP contribution is -2.37. The molecule has 4 heterocycles. The van der Waals surface area contributed by atoms with E-state index in [0.717, 1.165) is 15.2 Å². The predicted molar refractivity (Wildman–Crippen MR) is 138 cm³/mol. The second kappa shape index (κ2) is 9.62. The van der Waals surface area contributed by atoms with Gasteiger partial charge in [0.05, 0.1) is 23.3 Å². The molecule has 1 amide bonds. The van der Waals surface area contributed by atoms with Crippen molar-refractivity contribution in [2.24, 2.45) is 0 Å². The normalized spacial score (nSPS) is 15.1. The van der Waals surface area contributed by atoms with Gasteiger partial charge in [-0.15, -0.1) is 0 Å². The lowest BCUT2D eigenvalue weighted by molar-refractivity contribution is -0.142. The van der Waals surface area contributed by atoms with E-state index in [1.54, 1.807) is 43.4 Å². The molecule has 0 fully saturated rings. The highest BCUT2D eigenvalue weighted by Crippen LogP contribution is 2.38. The van der Waals surface area contributed by atoms with E-state index in [1.807, 2.05) is 0 Å². The number of aromatic amines is 1. The highest BCUT2D eigenvalue weighted by molar-refractivity contribution is 7.89. The first kappa shape index (κ1) is 26.8. The van der Waals surface area contributed by atoms with Gasteiger partial charge in [0.25, 0.3) is 5.91 Å². The molecule has 15 heteroatoms. The number of carbonyl (C=O) groups is 1. The minimum absolute atomic E-state index is 0.0240. The van der Waals surface area contributed by atoms with Gasteiger partial charge in [-0.3, -0.25) is 9.89 Å². The molecule has 2 aromatic heterocycles. The molecule has 0 saturated heterocycles. The quantitative estimate of drug-likeness (QED) is 0.378. The molecular formula is C26H23F3N6O5S. The van der Waals surface area contributed by atoms with Crippen LogP contribution in [0.4, 0.5) is 18.9 Å². The Morgan fingerprint density at radius 1 is 1.12 bits per heavy atom. The number of alkyl halides is 3. The number of hydrogen-bond acceptors (Lipinski definition) is 7. The minimum Gasteiger partial charge on any atom is -0.454 e. The molecule has 6 rings (SSSR count). The third-order valence-corrected chi connectivity index (χ3v) is 9.04. The van der Waals surface area contributed by atoms with E-state index in [1.165, 1.54) is 17.9 Å². The molecule has 0 aliphatic carbocycles. The van der Waals surface area contributed by atoms with Crippen LogP contribution in [-0.2, 0) is 29.2 Å². The molecular weight excluding hydrogens is 565 g/mol. The summed E-state index contributed by atoms with van der Waals surface area (Å²) in [5.74, 6) is 0.653. The number of ether oxygens (including phenoxy) is 2. The zero-order valence-electron chi connectivity index (χ0n) is 21.8. The number of aromatic nitrogens is 4. The Hall–Kier alpha value is -4.37. The van der Waals surface area contributed by atoms with Crippen molar-refractivity contribution in [1.29, 1.82) is 0 Å². The maximum Gasteiger partial charge on any atom is 0.435 e. The Morgan fingerprint density at radius 3 is 2.63 bits per heavy atom. The van der Waals surface area contributed by atoms with Crippen LogP contribution in [0.1, 0.15) is 33.0 Å². The van der Waals surface area contributed by atoms with Crippen LogP contribution in [0.5, 0.6) is 11.5 Å². The maximum atomic E-state index is 14.1. The average Bonchev–Trinajstić information content (AvgIpc) is 3.69. The first-order valence-electron chi connectivity index (χ1n) is 12.4. The number of sulfonamides is 1. The second-order valence-corrected chi connectivity index (χ2v) is 11.5. The number of nitrogens with zero attached hydrogens (tertiary/aromatic N) is 5. The largest absolute Gasteiger partial charge is 0.454 e. The number of hydrogen-bond donors (Lipinski definition) is 1. The van der Waals surface area contributed by atoms with Crippen molar-refractivity contribution in [3.63, 3.8) is 0 Å². The molecule has 2 aromatic carbocycles. The molecule has 0 atom stereocenters. The fourth-order valence-electron chi connectivity index (χ4n) is 4.95. The summed E-state index contributed by atoms with van der Waals surface area (Å²) < 4.78 is 81.6. The number of amides is 1. The molecule has 2 aliphatic rings. The number of nitrogens with one attached hydrogen (secondary N) is 1. The van der Waals surface area contributed by atoms with Gasteiger partial charge >= 0.3 is 6.18 Å². The third-order valence-electron chi connectivity index (χ3n) is 7.08. The number of H-pyrrole nitrogens is 1. The van der Waals surface area contributed by atoms with E-state index in [4.69, 9.17) is 9.47 Å². The Kier molecular flexibility index (Phi) is 6.30. The molecule has 1 N–H and O–H groups in total. The van der Waals surface area contributed by atoms with Crippen molar-refractivity contribution < 1.29 is 35.9 Å². The summed E-state index contributed by atoms with van der Waals surface area (Å²) in [5, 5.41) is 10.1. The van der Waals surface area contributed by atoms with Crippen molar-refractivity contribution >= 4 is 21.6 Å². The van der Waals surface area contributed by atoms with E-state index in [2.05, 4.69) is 15.3 Å². The molecule has 0 saturated carbocycles. The van der Waals surface area contributed by atoms with Crippen LogP contribution in [0.2, 0.25) is 0 Å². The van der Waals surface area contributed by atoms with Crippen molar-refractivity contribution in [2.75, 3.05) is 25.3 Å². The Balaban J connectivity index is 1.34. The van der Waals surface area contributed by atoms with Crippen molar-refractivity contribution in [2.45, 2.75) is 31.0 Å². The average molecular weight is 589 g/mol. The van der Waals surface area contributed by atoms with Crippen LogP contribution in [0.15, 0.2) is 53.6 Å². The smallest absolute Gasteiger partial charge is 0.435 e. The standard InChI is InChI=1S/C26H23F3N6O5S/c1-15-23(12-30-31-15)41(37,38)34-9-8-20-19(13-34)24(26(27,28)29)32-35(20)18-5-3-4-16(10-18)25(36)33(2)17-6-7-21-22(11-17)40-14-39-21/h3-7,10-12H,8-9,13-14H2,1-2H3,(H,30,31). The lowest BCUT2D eigenvalue weighted by atomic mass is 10.1. The first-order chi connectivity index (χ1) is 19.4. The van der Waals surface area contributed by atoms with Gasteiger partial charge in [-0.25, -0.2) is 13.1 Å². The van der Waals surface area contributed by atoms with Gasteiger partial charge < -0.3 is 14.4 Å². The molecule has 0 radical (unpaired) electrons. The summed E-state index contributed by atoms with van der Waals surface area (Å²) in [6, 6.07) is 11.1. The van der Waals surface area contributed by atoms with Crippen LogP contribution >= 0.6 is 0 Å². The van der Waals surface area contributed by atoms with Crippen LogP contribution in [0, 0.1) is 6.92 Å². The zero-order valence-corrected chi connectivity index (χ0v) is 22.6. The topological polar surface area (TPSA) is 123 Å². The van der Waals surface area contributed by atoms with Crippen molar-refractivity contribution in [3.8, 4) is 17.2 Å². The third kappa shape index (κ3) is 4.60. The number of halogens is 3. The van der Waals surface area contributed by atoms with E-state index in [-0.39, 0.29) is 52.9 Å². The maximum absolute atomic E-state index is 14.1. The summed E-state index contributed by atoms with van der Waals surface area (Å²) in [4.78, 5) is 14.6. The van der Waals surface area contributed by atoms with E-state index >= 15 is 0 Å². The lowest BCUT2D eigenvalue weighted by Gasteiger charge is -2.27. The predicted octanol–water partition coefficient (Wildman–Crippen LogP) is 3.67. The van der Waals surface area contributed by atoms with Crippen molar-refractivity contribution in [3.05, 3.63) is 76.9 Å². The number of rotatable bonds is 5. The van der Waals surface area contributed by atoms with Gasteiger partial charge in [0, 0.05) is 49.4 Å². The first-order valence-corrected chi connectivity index (χ1v) is 13.9. The molecule has 0 unspecified atom stereocenters. The fourth-order valence-corrected chi connectivity index (χ4v) is 6.48. The number of fused-ring (bicyclic) bond motifs is 2. The van der Waals surface area contributed by atoms with Crippen LogP contribution < -0.4 is 14.4 Å². The van der Waals surface area contributed by atoms with Gasteiger partial charge in [-0.1, -0.05) is 6.07 Å². The zero-order chi connectivity index (χ0) is 29.1. The molecule has 2 aliphatic heterocycles. The Labute approximate surface area is 232 Å². The molecule has 0 spiro atoms. The molecule has 214 valence electrons. The van der Waals surface area contributed by atoms with Crippen molar-refractivity contribution in [1.82, 2.24) is 24.3 Å². The Bertz CT molecular complexity index is 1780. The van der Waals surface area contributed by atoms with Crippen LogP contribution in [-0.4, -0.2) is 59.0 Å². The molecule has 41 heavy (non-hydrogen) atoms. The van der Waals surface area contributed by atoms with Gasteiger partial charge in [0.15, 0.2) is 17.2 Å². The SMILES string of the molecule is Cc1[nH]ncc1S(=O)(=O)N1CCc2c(c(C(F)(F)F)nn2-c2cccc(C(=O)N(C)c3ccc4c(c3)OCO4)c2)C1. The molecule has 4 aromatic rings. The van der Waals surface area contributed by atoms with Gasteiger partial charge in [-0.05, 0) is 37.3 Å². The number of anilines is 1. The van der Waals surface area contributed by atoms with Crippen LogP contribution in [0.25, 0.3) is 5.69 Å². The number of benzene rings is 2. The summed E-state index contributed by atoms with van der Waals surface area (Å²) in [5.41, 5.74) is 0.0959. The summed E-state index contributed by atoms with van der Waals surface area (Å²) in [7, 11) is -2.53. The second-order valence-electron chi connectivity index (χ2n) is 9.58. The van der Waals surface area contributed by atoms with Gasteiger partial charge in [0.2, 0.25) is 16.8 Å². The summed E-state index contributed by atoms with van der Waals surface area (Å²) in [6.07, 6.45) is -3.72.